The summed E-state index contributed by atoms with van der Waals surface area (Å²) in [4.78, 5) is 19.5. The summed E-state index contributed by atoms with van der Waals surface area (Å²) in [7, 11) is 0. The molecule has 0 radical (unpaired) electrons. The number of hydrogen-bond donors (Lipinski definition) is 0. The van der Waals surface area contributed by atoms with Crippen molar-refractivity contribution >= 4 is 27.3 Å². The Labute approximate surface area is 129 Å². The van der Waals surface area contributed by atoms with Crippen molar-refractivity contribution in [3.05, 3.63) is 79.9 Å². The number of nitrogens with zero attached hydrogens (tertiary/aromatic N) is 2. The lowest BCUT2D eigenvalue weighted by atomic mass is 10.2. The van der Waals surface area contributed by atoms with Gasteiger partial charge >= 0.3 is 0 Å². The molecule has 0 aromatic heterocycles. The van der Waals surface area contributed by atoms with E-state index in [4.69, 9.17) is 0 Å². The second-order valence-electron chi connectivity index (χ2n) is 4.15. The van der Waals surface area contributed by atoms with Gasteiger partial charge in [0.05, 0.1) is 9.85 Å². The SMILES string of the molecule is Cc1ccc([N+](=O)[O-])cc1.O=[N+]([O-])c1ccc(CBr)cc1. The minimum Gasteiger partial charge on any atom is -0.258 e. The minimum absolute atomic E-state index is 0.134. The predicted octanol–water partition coefficient (Wildman–Crippen LogP) is 4.39. The van der Waals surface area contributed by atoms with Gasteiger partial charge in [-0.25, -0.2) is 0 Å². The Kier molecular flexibility index (Phi) is 6.48. The van der Waals surface area contributed by atoms with Crippen molar-refractivity contribution in [3.8, 4) is 0 Å². The van der Waals surface area contributed by atoms with Crippen molar-refractivity contribution in [1.29, 1.82) is 0 Å². The van der Waals surface area contributed by atoms with Crippen LogP contribution in [0.1, 0.15) is 11.1 Å². The van der Waals surface area contributed by atoms with E-state index in [1.807, 2.05) is 6.92 Å². The highest BCUT2D eigenvalue weighted by atomic mass is 79.9. The molecule has 2 rings (SSSR count). The molecule has 0 saturated heterocycles. The Balaban J connectivity index is 0.000000211. The van der Waals surface area contributed by atoms with Crippen LogP contribution in [-0.4, -0.2) is 9.85 Å². The van der Waals surface area contributed by atoms with Gasteiger partial charge in [-0.05, 0) is 12.5 Å². The van der Waals surface area contributed by atoms with Crippen LogP contribution in [0.5, 0.6) is 0 Å². The molecule has 0 aliphatic carbocycles. The molecule has 0 fully saturated rings. The summed E-state index contributed by atoms with van der Waals surface area (Å²) in [5.41, 5.74) is 2.35. The molecule has 0 saturated carbocycles. The Morgan fingerprint density at radius 2 is 1.24 bits per heavy atom. The Morgan fingerprint density at radius 1 is 0.857 bits per heavy atom. The van der Waals surface area contributed by atoms with Crippen LogP contribution in [0.4, 0.5) is 11.4 Å². The van der Waals surface area contributed by atoms with Gasteiger partial charge in [0.1, 0.15) is 0 Å². The van der Waals surface area contributed by atoms with E-state index in [0.717, 1.165) is 16.5 Å². The maximum atomic E-state index is 10.2. The van der Waals surface area contributed by atoms with E-state index in [9.17, 15) is 20.2 Å². The van der Waals surface area contributed by atoms with Gasteiger partial charge in [0, 0.05) is 29.6 Å². The van der Waals surface area contributed by atoms with E-state index in [-0.39, 0.29) is 11.4 Å². The molecule has 0 N–H and O–H groups in total. The minimum atomic E-state index is -0.405. The molecule has 0 heterocycles. The summed E-state index contributed by atoms with van der Waals surface area (Å²) in [6, 6.07) is 12.9. The van der Waals surface area contributed by atoms with E-state index in [1.165, 1.54) is 24.3 Å². The van der Waals surface area contributed by atoms with E-state index in [1.54, 1.807) is 24.3 Å². The average molecular weight is 353 g/mol. The van der Waals surface area contributed by atoms with Gasteiger partial charge in [-0.15, -0.1) is 0 Å². The fraction of sp³-hybridized carbons (Fsp3) is 0.143. The third-order valence-corrected chi connectivity index (χ3v) is 3.19. The van der Waals surface area contributed by atoms with Crippen molar-refractivity contribution < 1.29 is 9.85 Å². The Bertz CT molecular complexity index is 612. The molecule has 2 aromatic carbocycles. The fourth-order valence-corrected chi connectivity index (χ4v) is 1.75. The largest absolute Gasteiger partial charge is 0.269 e. The zero-order chi connectivity index (χ0) is 15.8. The van der Waals surface area contributed by atoms with Crippen LogP contribution in [0.25, 0.3) is 0 Å². The third kappa shape index (κ3) is 5.70. The van der Waals surface area contributed by atoms with Gasteiger partial charge in [-0.3, -0.25) is 20.2 Å². The normalized spacial score (nSPS) is 9.43. The number of alkyl halides is 1. The summed E-state index contributed by atoms with van der Waals surface area (Å²) in [5.74, 6) is 0. The third-order valence-electron chi connectivity index (χ3n) is 2.55. The van der Waals surface area contributed by atoms with E-state index >= 15 is 0 Å². The van der Waals surface area contributed by atoms with Crippen molar-refractivity contribution in [1.82, 2.24) is 0 Å². The number of nitro groups is 2. The van der Waals surface area contributed by atoms with Gasteiger partial charge in [0.15, 0.2) is 0 Å². The molecule has 6 nitrogen and oxygen atoms in total. The zero-order valence-electron chi connectivity index (χ0n) is 11.2. The molecular weight excluding hydrogens is 340 g/mol. The van der Waals surface area contributed by atoms with Gasteiger partial charge in [-0.1, -0.05) is 45.8 Å². The summed E-state index contributed by atoms with van der Waals surface area (Å²) >= 11 is 3.25. The van der Waals surface area contributed by atoms with Gasteiger partial charge in [-0.2, -0.15) is 0 Å². The molecule has 0 spiro atoms. The molecule has 110 valence electrons. The van der Waals surface area contributed by atoms with Crippen LogP contribution in [-0.2, 0) is 5.33 Å². The molecular formula is C14H13BrN2O4. The van der Waals surface area contributed by atoms with Crippen LogP contribution in [0.3, 0.4) is 0 Å². The Hall–Kier alpha value is -2.28. The summed E-state index contributed by atoms with van der Waals surface area (Å²) in [5, 5.41) is 21.0. The van der Waals surface area contributed by atoms with Gasteiger partial charge in [0.25, 0.3) is 11.4 Å². The van der Waals surface area contributed by atoms with Crippen LogP contribution in [0.2, 0.25) is 0 Å². The quantitative estimate of drug-likeness (QED) is 0.465. The first-order chi connectivity index (χ1) is 9.93. The number of non-ortho nitro benzene ring substituents is 2. The number of aryl methyl sites for hydroxylation is 1. The number of nitro benzene ring substituents is 2. The molecule has 2 aromatic rings. The van der Waals surface area contributed by atoms with Gasteiger partial charge < -0.3 is 0 Å². The topological polar surface area (TPSA) is 86.3 Å². The summed E-state index contributed by atoms with van der Waals surface area (Å²) < 4.78 is 0. The molecule has 21 heavy (non-hydrogen) atoms. The smallest absolute Gasteiger partial charge is 0.258 e. The zero-order valence-corrected chi connectivity index (χ0v) is 12.8. The number of benzene rings is 2. The molecule has 0 atom stereocenters. The fourth-order valence-electron chi connectivity index (χ4n) is 1.37. The predicted molar refractivity (Wildman–Crippen MR) is 83.6 cm³/mol. The van der Waals surface area contributed by atoms with Crippen molar-refractivity contribution in [2.75, 3.05) is 0 Å². The number of rotatable bonds is 3. The van der Waals surface area contributed by atoms with E-state index < -0.39 is 9.85 Å². The van der Waals surface area contributed by atoms with Crippen molar-refractivity contribution in [3.63, 3.8) is 0 Å². The highest BCUT2D eigenvalue weighted by Crippen LogP contribution is 2.13. The second-order valence-corrected chi connectivity index (χ2v) is 4.71. The van der Waals surface area contributed by atoms with Crippen molar-refractivity contribution in [2.45, 2.75) is 12.3 Å². The van der Waals surface area contributed by atoms with E-state index in [2.05, 4.69) is 15.9 Å². The van der Waals surface area contributed by atoms with Gasteiger partial charge in [0.2, 0.25) is 0 Å². The molecule has 7 heteroatoms. The standard InChI is InChI=1S/C7H6BrNO2.C7H7NO2/c8-5-6-1-3-7(4-2-6)9(10)11;1-6-2-4-7(5-3-6)8(9)10/h1-4H,5H2;2-5H,1H3. The summed E-state index contributed by atoms with van der Waals surface area (Å²) in [6.45, 7) is 1.89. The van der Waals surface area contributed by atoms with E-state index in [0.29, 0.717) is 0 Å². The lowest BCUT2D eigenvalue weighted by molar-refractivity contribution is -0.385. The summed E-state index contributed by atoms with van der Waals surface area (Å²) in [6.07, 6.45) is 0. The second kappa shape index (κ2) is 8.11. The first-order valence-corrected chi connectivity index (χ1v) is 7.06. The molecule has 0 aliphatic heterocycles. The first kappa shape index (κ1) is 16.8. The van der Waals surface area contributed by atoms with Crippen molar-refractivity contribution in [2.24, 2.45) is 0 Å². The first-order valence-electron chi connectivity index (χ1n) is 5.94. The number of hydrogen-bond acceptors (Lipinski definition) is 4. The van der Waals surface area contributed by atoms with Crippen LogP contribution < -0.4 is 0 Å². The molecule has 0 aliphatic rings. The highest BCUT2D eigenvalue weighted by Gasteiger charge is 2.02. The average Bonchev–Trinajstić information content (AvgIpc) is 2.48. The molecule has 0 amide bonds. The lowest BCUT2D eigenvalue weighted by Crippen LogP contribution is -1.87. The highest BCUT2D eigenvalue weighted by molar-refractivity contribution is 9.08. The van der Waals surface area contributed by atoms with Crippen LogP contribution in [0.15, 0.2) is 48.5 Å². The van der Waals surface area contributed by atoms with Crippen LogP contribution >= 0.6 is 15.9 Å². The Morgan fingerprint density at radius 3 is 1.57 bits per heavy atom. The maximum absolute atomic E-state index is 10.2. The molecule has 0 unspecified atom stereocenters. The lowest BCUT2D eigenvalue weighted by Gasteiger charge is -1.92. The maximum Gasteiger partial charge on any atom is 0.269 e. The number of halogens is 1. The monoisotopic (exact) mass is 352 g/mol. The van der Waals surface area contributed by atoms with Crippen LogP contribution in [0, 0.1) is 27.2 Å². The molecule has 0 bridgehead atoms.